The Morgan fingerprint density at radius 3 is 2.73 bits per heavy atom. The van der Waals surface area contributed by atoms with Crippen LogP contribution in [0.4, 0.5) is 10.9 Å². The van der Waals surface area contributed by atoms with E-state index in [9.17, 15) is 14.4 Å². The Morgan fingerprint density at radius 2 is 2.00 bits per heavy atom. The van der Waals surface area contributed by atoms with Gasteiger partial charge in [-0.15, -0.1) is 21.5 Å². The van der Waals surface area contributed by atoms with Gasteiger partial charge in [0.25, 0.3) is 0 Å². The van der Waals surface area contributed by atoms with Crippen molar-refractivity contribution in [2.45, 2.75) is 25.0 Å². The van der Waals surface area contributed by atoms with Gasteiger partial charge in [0.15, 0.2) is 16.7 Å². The van der Waals surface area contributed by atoms with E-state index >= 15 is 0 Å². The largest absolute Gasteiger partial charge is 0.486 e. The number of aromatic nitrogens is 3. The van der Waals surface area contributed by atoms with E-state index < -0.39 is 23.9 Å². The van der Waals surface area contributed by atoms with Crippen molar-refractivity contribution in [3.8, 4) is 22.6 Å². The van der Waals surface area contributed by atoms with Gasteiger partial charge in [-0.3, -0.25) is 14.2 Å². The molecule has 0 aliphatic carbocycles. The molecule has 4 rings (SSSR count). The van der Waals surface area contributed by atoms with Gasteiger partial charge in [-0.1, -0.05) is 17.8 Å². The Hall–Kier alpha value is -3.78. The number of amides is 1. The number of carbonyl (C=O) groups excluding carboxylic acids is 3. The lowest BCUT2D eigenvalue weighted by Gasteiger charge is -2.19. The molecule has 3 N–H and O–H groups in total. The fourth-order valence-corrected chi connectivity index (χ4v) is 5.37. The van der Waals surface area contributed by atoms with Gasteiger partial charge in [0.1, 0.15) is 29.8 Å². The van der Waals surface area contributed by atoms with Crippen molar-refractivity contribution in [1.82, 2.24) is 14.8 Å². The third-order valence-electron chi connectivity index (χ3n) is 5.35. The molecule has 0 saturated carbocycles. The highest BCUT2D eigenvalue weighted by Crippen LogP contribution is 2.40. The van der Waals surface area contributed by atoms with Crippen LogP contribution in [0.2, 0.25) is 0 Å². The van der Waals surface area contributed by atoms with Crippen molar-refractivity contribution in [2.75, 3.05) is 43.7 Å². The molecule has 0 radical (unpaired) electrons. The van der Waals surface area contributed by atoms with Gasteiger partial charge < -0.3 is 30.0 Å². The maximum Gasteiger partial charge on any atom is 0.341 e. The summed E-state index contributed by atoms with van der Waals surface area (Å²) in [6.07, 6.45) is 0. The number of thiophene rings is 1. The van der Waals surface area contributed by atoms with E-state index in [4.69, 9.17) is 24.7 Å². The number of hydrogen-bond donors (Lipinski definition) is 2. The minimum absolute atomic E-state index is 0.00495. The quantitative estimate of drug-likeness (QED) is 0.300. The van der Waals surface area contributed by atoms with Crippen molar-refractivity contribution in [1.29, 1.82) is 0 Å². The number of rotatable bonds is 9. The summed E-state index contributed by atoms with van der Waals surface area (Å²) in [7, 11) is 1.27. The molecule has 0 bridgehead atoms. The molecule has 2 aromatic heterocycles. The zero-order chi connectivity index (χ0) is 26.5. The Labute approximate surface area is 220 Å². The summed E-state index contributed by atoms with van der Waals surface area (Å²) in [4.78, 5) is 37.7. The normalized spacial score (nSPS) is 13.1. The molecule has 1 aliphatic heterocycles. The number of hydrogen-bond acceptors (Lipinski definition) is 12. The molecule has 1 aromatic carbocycles. The lowest BCUT2D eigenvalue weighted by molar-refractivity contribution is -0.139. The fraction of sp³-hybridized carbons (Fsp3) is 0.348. The maximum atomic E-state index is 13.2. The summed E-state index contributed by atoms with van der Waals surface area (Å²) in [6, 6.07) is 4.50. The Balaban J connectivity index is 1.58. The monoisotopic (exact) mass is 547 g/mol. The average Bonchev–Trinajstić information content (AvgIpc) is 3.49. The van der Waals surface area contributed by atoms with Crippen LogP contribution >= 0.6 is 23.1 Å². The molecule has 3 heterocycles. The predicted molar refractivity (Wildman–Crippen MR) is 137 cm³/mol. The van der Waals surface area contributed by atoms with E-state index in [1.54, 1.807) is 37.4 Å². The number of methoxy groups -OCH3 is 1. The molecule has 1 aliphatic rings. The van der Waals surface area contributed by atoms with Gasteiger partial charge >= 0.3 is 11.9 Å². The van der Waals surface area contributed by atoms with Crippen LogP contribution in [0.3, 0.4) is 0 Å². The van der Waals surface area contributed by atoms with Crippen LogP contribution in [-0.4, -0.2) is 65.3 Å². The number of carbonyl (C=O) groups is 3. The van der Waals surface area contributed by atoms with Gasteiger partial charge in [-0.2, -0.15) is 0 Å². The standard InChI is InChI=1S/C23H25N5O7S2/c1-4-33-17(29)11-37-23-27-26-22(24)28(23)12(2)19(30)25-20-18(21(31)32-3)14(10-36-20)13-5-6-15-16(9-13)35-8-7-34-15/h5-6,9-10,12H,4,7-8,11H2,1-3H3,(H2,24,26)(H,25,30). The molecule has 196 valence electrons. The van der Waals surface area contributed by atoms with Crippen molar-refractivity contribution in [2.24, 2.45) is 0 Å². The third kappa shape index (κ3) is 5.64. The smallest absolute Gasteiger partial charge is 0.341 e. The zero-order valence-corrected chi connectivity index (χ0v) is 21.9. The second-order valence-corrected chi connectivity index (χ2v) is 9.50. The van der Waals surface area contributed by atoms with E-state index in [2.05, 4.69) is 15.5 Å². The molecular formula is C23H25N5O7S2. The number of nitrogens with zero attached hydrogens (tertiary/aromatic N) is 3. The number of ether oxygens (including phenoxy) is 4. The van der Waals surface area contributed by atoms with Gasteiger partial charge in [0, 0.05) is 10.9 Å². The van der Waals surface area contributed by atoms with Crippen LogP contribution in [-0.2, 0) is 19.1 Å². The molecule has 3 aromatic rings. The van der Waals surface area contributed by atoms with Crippen molar-refractivity contribution >= 4 is 51.9 Å². The Morgan fingerprint density at radius 1 is 1.24 bits per heavy atom. The van der Waals surface area contributed by atoms with E-state index in [-0.39, 0.29) is 29.0 Å². The van der Waals surface area contributed by atoms with E-state index in [1.165, 1.54) is 23.0 Å². The molecule has 0 saturated heterocycles. The lowest BCUT2D eigenvalue weighted by atomic mass is 10.0. The highest BCUT2D eigenvalue weighted by molar-refractivity contribution is 7.99. The summed E-state index contributed by atoms with van der Waals surface area (Å²) < 4.78 is 22.6. The highest BCUT2D eigenvalue weighted by atomic mass is 32.2. The van der Waals surface area contributed by atoms with Crippen LogP contribution in [0, 0.1) is 0 Å². The Kier molecular flexibility index (Phi) is 8.18. The van der Waals surface area contributed by atoms with Crippen LogP contribution in [0.15, 0.2) is 28.7 Å². The van der Waals surface area contributed by atoms with Gasteiger partial charge in [0.05, 0.1) is 19.5 Å². The minimum atomic E-state index is -0.856. The van der Waals surface area contributed by atoms with Crippen molar-refractivity contribution in [3.63, 3.8) is 0 Å². The van der Waals surface area contributed by atoms with Crippen molar-refractivity contribution in [3.05, 3.63) is 29.1 Å². The summed E-state index contributed by atoms with van der Waals surface area (Å²) in [5.74, 6) is -0.322. The number of anilines is 2. The second kappa shape index (κ2) is 11.5. The minimum Gasteiger partial charge on any atom is -0.486 e. The first-order chi connectivity index (χ1) is 17.8. The van der Waals surface area contributed by atoms with E-state index in [1.807, 2.05) is 0 Å². The molecule has 0 spiro atoms. The summed E-state index contributed by atoms with van der Waals surface area (Å²) in [6.45, 7) is 4.46. The van der Waals surface area contributed by atoms with Crippen LogP contribution < -0.4 is 20.5 Å². The lowest BCUT2D eigenvalue weighted by Crippen LogP contribution is -2.26. The molecular weight excluding hydrogens is 522 g/mol. The van der Waals surface area contributed by atoms with Gasteiger partial charge in [0.2, 0.25) is 11.9 Å². The Bertz CT molecular complexity index is 1320. The predicted octanol–water partition coefficient (Wildman–Crippen LogP) is 3.00. The third-order valence-corrected chi connectivity index (χ3v) is 7.16. The first-order valence-corrected chi connectivity index (χ1v) is 13.1. The van der Waals surface area contributed by atoms with Crippen LogP contribution in [0.25, 0.3) is 11.1 Å². The van der Waals surface area contributed by atoms with E-state index in [0.29, 0.717) is 40.8 Å². The molecule has 0 fully saturated rings. The number of nitrogens with one attached hydrogen (secondary N) is 1. The molecule has 1 amide bonds. The van der Waals surface area contributed by atoms with Crippen LogP contribution in [0.1, 0.15) is 30.2 Å². The molecule has 14 heteroatoms. The maximum absolute atomic E-state index is 13.2. The average molecular weight is 548 g/mol. The number of fused-ring (bicyclic) bond motifs is 1. The van der Waals surface area contributed by atoms with Crippen molar-refractivity contribution < 1.29 is 33.3 Å². The number of benzene rings is 1. The highest BCUT2D eigenvalue weighted by Gasteiger charge is 2.27. The molecule has 1 atom stereocenters. The fourth-order valence-electron chi connectivity index (χ4n) is 3.59. The SMILES string of the molecule is CCOC(=O)CSc1nnc(N)n1C(C)C(=O)Nc1scc(-c2ccc3c(c2)OCCO3)c1C(=O)OC. The first kappa shape index (κ1) is 26.3. The summed E-state index contributed by atoms with van der Waals surface area (Å²) in [5, 5.41) is 12.9. The number of esters is 2. The first-order valence-electron chi connectivity index (χ1n) is 11.2. The van der Waals surface area contributed by atoms with Crippen LogP contribution in [0.5, 0.6) is 11.5 Å². The summed E-state index contributed by atoms with van der Waals surface area (Å²) in [5.41, 5.74) is 7.45. The zero-order valence-electron chi connectivity index (χ0n) is 20.3. The number of nitrogens with two attached hydrogens (primary N) is 1. The topological polar surface area (TPSA) is 157 Å². The summed E-state index contributed by atoms with van der Waals surface area (Å²) >= 11 is 2.23. The molecule has 12 nitrogen and oxygen atoms in total. The number of thioether (sulfide) groups is 1. The molecule has 37 heavy (non-hydrogen) atoms. The van der Waals surface area contributed by atoms with Gasteiger partial charge in [-0.25, -0.2) is 4.79 Å². The second-order valence-electron chi connectivity index (χ2n) is 7.67. The van der Waals surface area contributed by atoms with E-state index in [0.717, 1.165) is 11.8 Å². The molecule has 1 unspecified atom stereocenters. The van der Waals surface area contributed by atoms with Gasteiger partial charge in [-0.05, 0) is 31.5 Å². The number of nitrogen functional groups attached to an aromatic ring is 1.